The Hall–Kier alpha value is -1.59. The number of carboxylic acid groups (broad SMARTS) is 1. The fourth-order valence-corrected chi connectivity index (χ4v) is 1.98. The minimum atomic E-state index is -1.03. The summed E-state index contributed by atoms with van der Waals surface area (Å²) in [6, 6.07) is 7.44. The number of benzene rings is 1. The lowest BCUT2D eigenvalue weighted by atomic mass is 10.0. The molecular formula is C12H15NO4. The van der Waals surface area contributed by atoms with Crippen molar-refractivity contribution in [3.05, 3.63) is 29.8 Å². The lowest BCUT2D eigenvalue weighted by Gasteiger charge is -2.33. The lowest BCUT2D eigenvalue weighted by molar-refractivity contribution is -0.321. The molecule has 1 aliphatic rings. The zero-order valence-electron chi connectivity index (χ0n) is 9.63. The summed E-state index contributed by atoms with van der Waals surface area (Å²) >= 11 is 0. The van der Waals surface area contributed by atoms with Gasteiger partial charge in [-0.25, -0.2) is 19.5 Å². The Morgan fingerprint density at radius 1 is 1.53 bits per heavy atom. The van der Waals surface area contributed by atoms with Crippen molar-refractivity contribution in [1.29, 1.82) is 0 Å². The molecule has 1 amide bonds. The molecule has 17 heavy (non-hydrogen) atoms. The quantitative estimate of drug-likeness (QED) is 0.647. The van der Waals surface area contributed by atoms with Crippen LogP contribution in [-0.2, 0) is 16.2 Å². The molecule has 5 heteroatoms. The van der Waals surface area contributed by atoms with Crippen LogP contribution in [-0.4, -0.2) is 24.0 Å². The number of nitrogens with zero attached hydrogens (tertiary/aromatic N) is 1. The molecule has 0 bridgehead atoms. The molecule has 1 N–H and O–H groups in total. The van der Waals surface area contributed by atoms with E-state index >= 15 is 0 Å². The number of fused-ring (bicyclic) bond motifs is 1. The third kappa shape index (κ3) is 2.40. The van der Waals surface area contributed by atoms with Crippen LogP contribution in [0.5, 0.6) is 0 Å². The van der Waals surface area contributed by atoms with Crippen LogP contribution in [0.15, 0.2) is 24.3 Å². The molecular weight excluding hydrogens is 222 g/mol. The van der Waals surface area contributed by atoms with E-state index in [2.05, 4.69) is 0 Å². The summed E-state index contributed by atoms with van der Waals surface area (Å²) in [5.41, 5.74) is 1.70. The molecule has 0 saturated carbocycles. The molecule has 1 heterocycles. The Bertz CT molecular complexity index is 407. The molecule has 92 valence electrons. The monoisotopic (exact) mass is 237 g/mol. The predicted octanol–water partition coefficient (Wildman–Crippen LogP) is 2.41. The average Bonchev–Trinajstić information content (AvgIpc) is 2.35. The molecule has 0 aromatic heterocycles. The molecule has 0 radical (unpaired) electrons. The minimum absolute atomic E-state index is 0.394. The summed E-state index contributed by atoms with van der Waals surface area (Å²) < 4.78 is 0. The number of amides is 1. The third-order valence-electron chi connectivity index (χ3n) is 2.70. The first-order chi connectivity index (χ1) is 8.24. The minimum Gasteiger partial charge on any atom is -0.465 e. The molecule has 1 atom stereocenters. The smallest absolute Gasteiger partial charge is 0.414 e. The number of hydrogen-bond donors (Lipinski definition) is 1. The van der Waals surface area contributed by atoms with Gasteiger partial charge in [0.15, 0.2) is 6.23 Å². The van der Waals surface area contributed by atoms with Gasteiger partial charge in [0.25, 0.3) is 0 Å². The van der Waals surface area contributed by atoms with Crippen molar-refractivity contribution in [2.24, 2.45) is 0 Å². The van der Waals surface area contributed by atoms with E-state index in [1.54, 1.807) is 13.0 Å². The van der Waals surface area contributed by atoms with Gasteiger partial charge in [0.2, 0.25) is 0 Å². The SMILES string of the molecule is CCOOC1CCc2ccccc2N1C(=O)O. The van der Waals surface area contributed by atoms with Gasteiger partial charge in [0.05, 0.1) is 12.3 Å². The summed E-state index contributed by atoms with van der Waals surface area (Å²) in [5, 5.41) is 9.25. The summed E-state index contributed by atoms with van der Waals surface area (Å²) in [7, 11) is 0. The van der Waals surface area contributed by atoms with Gasteiger partial charge >= 0.3 is 6.09 Å². The Morgan fingerprint density at radius 2 is 2.29 bits per heavy atom. The van der Waals surface area contributed by atoms with Gasteiger partial charge < -0.3 is 5.11 Å². The van der Waals surface area contributed by atoms with Crippen molar-refractivity contribution in [3.63, 3.8) is 0 Å². The lowest BCUT2D eigenvalue weighted by Crippen LogP contribution is -2.44. The van der Waals surface area contributed by atoms with E-state index in [9.17, 15) is 9.90 Å². The second kappa shape index (κ2) is 5.16. The molecule has 1 unspecified atom stereocenters. The van der Waals surface area contributed by atoms with Crippen LogP contribution in [0.4, 0.5) is 10.5 Å². The van der Waals surface area contributed by atoms with E-state index < -0.39 is 12.3 Å². The second-order valence-corrected chi connectivity index (χ2v) is 3.78. The fourth-order valence-electron chi connectivity index (χ4n) is 1.98. The summed E-state index contributed by atoms with van der Waals surface area (Å²) in [5.74, 6) is 0. The Balaban J connectivity index is 2.26. The summed E-state index contributed by atoms with van der Waals surface area (Å²) in [6.07, 6.45) is -0.203. The molecule has 5 nitrogen and oxygen atoms in total. The highest BCUT2D eigenvalue weighted by Crippen LogP contribution is 2.31. The highest BCUT2D eigenvalue weighted by atomic mass is 17.2. The first kappa shape index (κ1) is 11.9. The van der Waals surface area contributed by atoms with Crippen molar-refractivity contribution >= 4 is 11.8 Å². The van der Waals surface area contributed by atoms with Gasteiger partial charge in [-0.2, -0.15) is 0 Å². The third-order valence-corrected chi connectivity index (χ3v) is 2.70. The van der Waals surface area contributed by atoms with Crippen LogP contribution >= 0.6 is 0 Å². The molecule has 1 aliphatic heterocycles. The van der Waals surface area contributed by atoms with Gasteiger partial charge in [0, 0.05) is 6.42 Å². The van der Waals surface area contributed by atoms with Gasteiger partial charge in [-0.05, 0) is 25.0 Å². The standard InChI is InChI=1S/C12H15NO4/c1-2-16-17-11-8-7-9-5-3-4-6-10(9)13(11)12(14)15/h3-6,11H,2,7-8H2,1H3,(H,14,15). The Labute approximate surface area is 99.5 Å². The molecule has 1 aromatic carbocycles. The van der Waals surface area contributed by atoms with Crippen LogP contribution in [0.1, 0.15) is 18.9 Å². The second-order valence-electron chi connectivity index (χ2n) is 3.78. The highest BCUT2D eigenvalue weighted by molar-refractivity contribution is 5.88. The first-order valence-corrected chi connectivity index (χ1v) is 5.62. The van der Waals surface area contributed by atoms with Crippen molar-refractivity contribution in [3.8, 4) is 0 Å². The van der Waals surface area contributed by atoms with Gasteiger partial charge in [-0.15, -0.1) is 0 Å². The molecule has 2 rings (SSSR count). The maximum absolute atomic E-state index is 11.3. The predicted molar refractivity (Wildman–Crippen MR) is 61.8 cm³/mol. The largest absolute Gasteiger partial charge is 0.465 e. The van der Waals surface area contributed by atoms with Gasteiger partial charge in [0.1, 0.15) is 0 Å². The van der Waals surface area contributed by atoms with Crippen molar-refractivity contribution in [2.45, 2.75) is 26.0 Å². The molecule has 0 spiro atoms. The number of rotatable bonds is 3. The molecule has 0 saturated heterocycles. The van der Waals surface area contributed by atoms with Crippen LogP contribution in [0.25, 0.3) is 0 Å². The maximum Gasteiger partial charge on any atom is 0.414 e. The van der Waals surface area contributed by atoms with Crippen molar-refractivity contribution in [2.75, 3.05) is 11.5 Å². The number of anilines is 1. The topological polar surface area (TPSA) is 59.0 Å². The number of hydrogen-bond acceptors (Lipinski definition) is 3. The van der Waals surface area contributed by atoms with Crippen LogP contribution in [0.3, 0.4) is 0 Å². The molecule has 0 fully saturated rings. The summed E-state index contributed by atoms with van der Waals surface area (Å²) in [4.78, 5) is 22.5. The first-order valence-electron chi connectivity index (χ1n) is 5.62. The molecule has 1 aromatic rings. The highest BCUT2D eigenvalue weighted by Gasteiger charge is 2.32. The van der Waals surface area contributed by atoms with Crippen molar-refractivity contribution in [1.82, 2.24) is 0 Å². The Morgan fingerprint density at radius 3 is 3.00 bits per heavy atom. The Kier molecular flexibility index (Phi) is 3.61. The van der Waals surface area contributed by atoms with Gasteiger partial charge in [-0.3, -0.25) is 0 Å². The number of carbonyl (C=O) groups is 1. The van der Waals surface area contributed by atoms with E-state index in [1.165, 1.54) is 4.90 Å². The van der Waals surface area contributed by atoms with Gasteiger partial charge in [-0.1, -0.05) is 18.2 Å². The van der Waals surface area contributed by atoms with Crippen molar-refractivity contribution < 1.29 is 19.7 Å². The zero-order valence-corrected chi connectivity index (χ0v) is 9.63. The number of para-hydroxylation sites is 1. The average molecular weight is 237 g/mol. The van der Waals surface area contributed by atoms with Crippen LogP contribution in [0, 0.1) is 0 Å². The van der Waals surface area contributed by atoms with E-state index in [1.807, 2.05) is 18.2 Å². The van der Waals surface area contributed by atoms with E-state index in [0.29, 0.717) is 18.7 Å². The zero-order chi connectivity index (χ0) is 12.3. The summed E-state index contributed by atoms with van der Waals surface area (Å²) in [6.45, 7) is 2.19. The fraction of sp³-hybridized carbons (Fsp3) is 0.417. The van der Waals surface area contributed by atoms with E-state index in [4.69, 9.17) is 9.78 Å². The number of aryl methyl sites for hydroxylation is 1. The maximum atomic E-state index is 11.3. The van der Waals surface area contributed by atoms with Crippen LogP contribution in [0.2, 0.25) is 0 Å². The van der Waals surface area contributed by atoms with E-state index in [0.717, 1.165) is 12.0 Å². The molecule has 0 aliphatic carbocycles. The van der Waals surface area contributed by atoms with Crippen LogP contribution < -0.4 is 4.90 Å². The van der Waals surface area contributed by atoms with E-state index in [-0.39, 0.29) is 0 Å². The normalized spacial score (nSPS) is 18.9.